The van der Waals surface area contributed by atoms with Crippen molar-refractivity contribution in [1.82, 2.24) is 24.9 Å². The third kappa shape index (κ3) is 4.65. The van der Waals surface area contributed by atoms with E-state index < -0.39 is 0 Å². The Morgan fingerprint density at radius 2 is 1.86 bits per heavy atom. The standard InChI is InChI=1S/C24H25N11/c1-15-20(10-16(12-26)11-21(15)34-8-4-17(5-9-34)28-7-6-25)31-24-32-22(30-18-2-3-18)23-29-14-19(13-27)35(23)33-24/h10-11,14,17-18,28H,2-5,7-9H2,1H3,(H2,30,31,32,33). The summed E-state index contributed by atoms with van der Waals surface area (Å²) in [7, 11) is 0. The fraction of sp³-hybridized carbons (Fsp3) is 0.417. The lowest BCUT2D eigenvalue weighted by Gasteiger charge is -2.35. The van der Waals surface area contributed by atoms with Gasteiger partial charge in [0.2, 0.25) is 5.95 Å². The number of anilines is 4. The molecule has 2 fully saturated rings. The molecule has 1 aliphatic carbocycles. The summed E-state index contributed by atoms with van der Waals surface area (Å²) >= 11 is 0. The lowest BCUT2D eigenvalue weighted by molar-refractivity contribution is 0.431. The molecule has 2 aromatic heterocycles. The van der Waals surface area contributed by atoms with Gasteiger partial charge in [-0.05, 0) is 50.3 Å². The van der Waals surface area contributed by atoms with Gasteiger partial charge < -0.3 is 20.9 Å². The minimum absolute atomic E-state index is 0.318. The Labute approximate surface area is 203 Å². The number of piperidine rings is 1. The highest BCUT2D eigenvalue weighted by atomic mass is 15.4. The van der Waals surface area contributed by atoms with Crippen molar-refractivity contribution in [1.29, 1.82) is 15.8 Å². The summed E-state index contributed by atoms with van der Waals surface area (Å²) in [4.78, 5) is 11.2. The maximum atomic E-state index is 9.69. The minimum atomic E-state index is 0.318. The molecule has 0 amide bonds. The Bertz CT molecular complexity index is 1380. The number of nitrogens with one attached hydrogen (secondary N) is 3. The quantitative estimate of drug-likeness (QED) is 0.442. The van der Waals surface area contributed by atoms with Crippen LogP contribution in [0.5, 0.6) is 0 Å². The first-order valence-corrected chi connectivity index (χ1v) is 11.7. The number of nitriles is 3. The molecule has 3 aromatic rings. The molecule has 0 atom stereocenters. The average molecular weight is 468 g/mol. The van der Waals surface area contributed by atoms with E-state index in [0.717, 1.165) is 55.7 Å². The van der Waals surface area contributed by atoms with Crippen LogP contribution in [0.3, 0.4) is 0 Å². The second-order valence-corrected chi connectivity index (χ2v) is 8.90. The summed E-state index contributed by atoms with van der Waals surface area (Å²) in [5, 5.41) is 42.4. The van der Waals surface area contributed by atoms with Crippen LogP contribution < -0.4 is 20.9 Å². The first-order valence-electron chi connectivity index (χ1n) is 11.7. The van der Waals surface area contributed by atoms with E-state index in [9.17, 15) is 10.5 Å². The van der Waals surface area contributed by atoms with E-state index in [4.69, 9.17) is 5.26 Å². The van der Waals surface area contributed by atoms with Gasteiger partial charge in [0.25, 0.3) is 0 Å². The molecular weight excluding hydrogens is 442 g/mol. The van der Waals surface area contributed by atoms with Gasteiger partial charge >= 0.3 is 0 Å². The summed E-state index contributed by atoms with van der Waals surface area (Å²) in [6, 6.07) is 10.9. The Kier molecular flexibility index (Phi) is 6.05. The van der Waals surface area contributed by atoms with Gasteiger partial charge in [0.05, 0.1) is 30.4 Å². The van der Waals surface area contributed by atoms with Gasteiger partial charge in [-0.2, -0.15) is 25.3 Å². The Balaban J connectivity index is 1.45. The number of hydrogen-bond donors (Lipinski definition) is 3. The lowest BCUT2D eigenvalue weighted by atomic mass is 10.0. The summed E-state index contributed by atoms with van der Waals surface area (Å²) in [5.74, 6) is 0.895. The number of aromatic nitrogens is 4. The molecule has 3 N–H and O–H groups in total. The molecule has 1 aromatic carbocycles. The van der Waals surface area contributed by atoms with Crippen LogP contribution >= 0.6 is 0 Å². The van der Waals surface area contributed by atoms with Gasteiger partial charge in [-0.3, -0.25) is 0 Å². The van der Waals surface area contributed by atoms with Gasteiger partial charge in [0, 0.05) is 36.5 Å². The Hall–Kier alpha value is -4.40. The van der Waals surface area contributed by atoms with Crippen LogP contribution in [-0.4, -0.2) is 51.3 Å². The number of benzene rings is 1. The Morgan fingerprint density at radius 3 is 2.54 bits per heavy atom. The van der Waals surface area contributed by atoms with Crippen molar-refractivity contribution in [2.45, 2.75) is 44.7 Å². The van der Waals surface area contributed by atoms with Crippen LogP contribution in [0.15, 0.2) is 18.3 Å². The number of hydrogen-bond acceptors (Lipinski definition) is 10. The van der Waals surface area contributed by atoms with Crippen LogP contribution in [0.1, 0.15) is 42.5 Å². The molecule has 0 spiro atoms. The average Bonchev–Trinajstić information content (AvgIpc) is 3.60. The summed E-state index contributed by atoms with van der Waals surface area (Å²) in [5.41, 5.74) is 4.08. The third-order valence-electron chi connectivity index (χ3n) is 6.46. The molecule has 5 rings (SSSR count). The Morgan fingerprint density at radius 1 is 1.06 bits per heavy atom. The molecule has 11 heteroatoms. The minimum Gasteiger partial charge on any atom is -0.371 e. The fourth-order valence-electron chi connectivity index (χ4n) is 4.39. The second-order valence-electron chi connectivity index (χ2n) is 8.90. The normalized spacial score (nSPS) is 15.9. The molecule has 1 aliphatic heterocycles. The van der Waals surface area contributed by atoms with Crippen LogP contribution in [0, 0.1) is 40.9 Å². The van der Waals surface area contributed by atoms with E-state index in [1.165, 1.54) is 10.7 Å². The van der Waals surface area contributed by atoms with E-state index in [-0.39, 0.29) is 0 Å². The molecule has 35 heavy (non-hydrogen) atoms. The molecule has 0 radical (unpaired) electrons. The van der Waals surface area contributed by atoms with E-state index >= 15 is 0 Å². The first kappa shape index (κ1) is 22.4. The zero-order chi connectivity index (χ0) is 24.4. The van der Waals surface area contributed by atoms with Crippen molar-refractivity contribution in [2.75, 3.05) is 35.2 Å². The van der Waals surface area contributed by atoms with Crippen molar-refractivity contribution >= 4 is 28.8 Å². The smallest absolute Gasteiger partial charge is 0.247 e. The summed E-state index contributed by atoms with van der Waals surface area (Å²) < 4.78 is 1.49. The predicted octanol–water partition coefficient (Wildman–Crippen LogP) is 2.58. The van der Waals surface area contributed by atoms with Gasteiger partial charge in [0.15, 0.2) is 17.2 Å². The number of nitrogens with zero attached hydrogens (tertiary/aromatic N) is 8. The van der Waals surface area contributed by atoms with E-state index in [1.54, 1.807) is 6.07 Å². The largest absolute Gasteiger partial charge is 0.371 e. The number of fused-ring (bicyclic) bond motifs is 1. The summed E-state index contributed by atoms with van der Waals surface area (Å²) in [6.07, 6.45) is 5.48. The van der Waals surface area contributed by atoms with Crippen molar-refractivity contribution in [3.8, 4) is 18.2 Å². The van der Waals surface area contributed by atoms with Gasteiger partial charge in [-0.1, -0.05) is 0 Å². The molecule has 1 saturated carbocycles. The van der Waals surface area contributed by atoms with Crippen LogP contribution in [0.2, 0.25) is 0 Å². The topological polar surface area (TPSA) is 154 Å². The fourth-order valence-corrected chi connectivity index (χ4v) is 4.39. The monoisotopic (exact) mass is 467 g/mol. The third-order valence-corrected chi connectivity index (χ3v) is 6.46. The maximum absolute atomic E-state index is 9.69. The van der Waals surface area contributed by atoms with Crippen molar-refractivity contribution in [2.24, 2.45) is 0 Å². The lowest BCUT2D eigenvalue weighted by Crippen LogP contribution is -2.42. The van der Waals surface area contributed by atoms with Crippen molar-refractivity contribution < 1.29 is 0 Å². The van der Waals surface area contributed by atoms with Gasteiger partial charge in [-0.25, -0.2) is 4.98 Å². The number of rotatable bonds is 7. The molecule has 1 saturated heterocycles. The molecular formula is C24H25N11. The van der Waals surface area contributed by atoms with Gasteiger partial charge in [0.1, 0.15) is 6.07 Å². The van der Waals surface area contributed by atoms with Crippen LogP contribution in [0.4, 0.5) is 23.1 Å². The highest BCUT2D eigenvalue weighted by Gasteiger charge is 2.25. The predicted molar refractivity (Wildman–Crippen MR) is 130 cm³/mol. The second kappa shape index (κ2) is 9.46. The van der Waals surface area contributed by atoms with Crippen molar-refractivity contribution in [3.63, 3.8) is 0 Å². The molecule has 2 aliphatic rings. The highest BCUT2D eigenvalue weighted by molar-refractivity contribution is 5.73. The van der Waals surface area contributed by atoms with Crippen molar-refractivity contribution in [3.05, 3.63) is 35.2 Å². The zero-order valence-corrected chi connectivity index (χ0v) is 19.4. The van der Waals surface area contributed by atoms with E-state index in [1.807, 2.05) is 13.0 Å². The first-order chi connectivity index (χ1) is 17.1. The molecule has 3 heterocycles. The van der Waals surface area contributed by atoms with Crippen LogP contribution in [-0.2, 0) is 0 Å². The van der Waals surface area contributed by atoms with E-state index in [2.05, 4.69) is 54.1 Å². The molecule has 176 valence electrons. The van der Waals surface area contributed by atoms with Gasteiger partial charge in [-0.15, -0.1) is 5.10 Å². The summed E-state index contributed by atoms with van der Waals surface area (Å²) in [6.45, 7) is 4.03. The highest BCUT2D eigenvalue weighted by Crippen LogP contribution is 2.33. The molecule has 0 bridgehead atoms. The molecule has 0 unspecified atom stereocenters. The van der Waals surface area contributed by atoms with Crippen LogP contribution in [0.25, 0.3) is 5.65 Å². The zero-order valence-electron chi connectivity index (χ0n) is 19.4. The maximum Gasteiger partial charge on any atom is 0.247 e. The van der Waals surface area contributed by atoms with E-state index in [0.29, 0.717) is 47.3 Å². The SMILES string of the molecule is Cc1c(Nc2nc(NC3CC3)c3ncc(C#N)n3n2)cc(C#N)cc1N1CCC(NCC#N)CC1. The molecule has 11 nitrogen and oxygen atoms in total. The number of imidazole rings is 1.